The van der Waals surface area contributed by atoms with Gasteiger partial charge in [0.15, 0.2) is 5.82 Å². The molecule has 2 N–H and O–H groups in total. The Labute approximate surface area is 131 Å². The molecule has 0 bridgehead atoms. The largest absolute Gasteiger partial charge is 0.326 e. The van der Waals surface area contributed by atoms with Gasteiger partial charge in [-0.1, -0.05) is 35.4 Å². The van der Waals surface area contributed by atoms with Crippen LogP contribution in [0.4, 0.5) is 4.39 Å². The van der Waals surface area contributed by atoms with E-state index < -0.39 is 0 Å². The Balaban J connectivity index is 2.17. The van der Waals surface area contributed by atoms with Gasteiger partial charge in [0.25, 0.3) is 0 Å². The molecular weight excluding hydrogens is 337 g/mol. The van der Waals surface area contributed by atoms with E-state index in [-0.39, 0.29) is 5.82 Å². The zero-order chi connectivity index (χ0) is 14.7. The zero-order valence-electron chi connectivity index (χ0n) is 11.5. The highest BCUT2D eigenvalue weighted by Crippen LogP contribution is 2.32. The van der Waals surface area contributed by atoms with Crippen LogP contribution < -0.4 is 5.73 Å². The maximum absolute atomic E-state index is 14.2. The maximum Gasteiger partial charge on any atom is 0.151 e. The molecule has 106 valence electrons. The minimum atomic E-state index is -0.220. The molecular formula is C16H17BrFNS. The lowest BCUT2D eigenvalue weighted by molar-refractivity contribution is 0.592. The van der Waals surface area contributed by atoms with E-state index in [1.165, 1.54) is 28.5 Å². The number of benzene rings is 2. The van der Waals surface area contributed by atoms with Crippen molar-refractivity contribution in [3.05, 3.63) is 62.9 Å². The van der Waals surface area contributed by atoms with Gasteiger partial charge in [-0.25, -0.2) is 4.39 Å². The molecule has 1 nitrogen and oxygen atoms in total. The van der Waals surface area contributed by atoms with Crippen molar-refractivity contribution in [2.75, 3.05) is 0 Å². The van der Waals surface area contributed by atoms with E-state index in [9.17, 15) is 4.39 Å². The van der Waals surface area contributed by atoms with Crippen LogP contribution in [-0.4, -0.2) is 0 Å². The highest BCUT2D eigenvalue weighted by molar-refractivity contribution is 9.10. The number of halogens is 2. The SMILES string of the molecule is Cc1cc(C)cc(CSc2ccc(CN)c(Br)c2F)c1. The summed E-state index contributed by atoms with van der Waals surface area (Å²) in [6.45, 7) is 4.49. The quantitative estimate of drug-likeness (QED) is 0.786. The molecule has 2 rings (SSSR count). The summed E-state index contributed by atoms with van der Waals surface area (Å²) in [7, 11) is 0. The summed E-state index contributed by atoms with van der Waals surface area (Å²) in [6.07, 6.45) is 0. The monoisotopic (exact) mass is 353 g/mol. The Bertz CT molecular complexity index is 608. The Morgan fingerprint density at radius 3 is 2.40 bits per heavy atom. The van der Waals surface area contributed by atoms with E-state index in [1.54, 1.807) is 6.07 Å². The first-order valence-electron chi connectivity index (χ1n) is 6.38. The number of hydrogen-bond acceptors (Lipinski definition) is 2. The Hall–Kier alpha value is -0.840. The van der Waals surface area contributed by atoms with E-state index in [4.69, 9.17) is 5.73 Å². The fraction of sp³-hybridized carbons (Fsp3) is 0.250. The number of nitrogens with two attached hydrogens (primary N) is 1. The summed E-state index contributed by atoms with van der Waals surface area (Å²) in [5, 5.41) is 0. The molecule has 20 heavy (non-hydrogen) atoms. The molecule has 0 aromatic heterocycles. The molecule has 0 aliphatic heterocycles. The molecule has 0 atom stereocenters. The highest BCUT2D eigenvalue weighted by Gasteiger charge is 2.11. The molecule has 0 unspecified atom stereocenters. The molecule has 4 heteroatoms. The lowest BCUT2D eigenvalue weighted by Gasteiger charge is -2.09. The van der Waals surface area contributed by atoms with Crippen molar-refractivity contribution < 1.29 is 4.39 Å². The Kier molecular flexibility index (Phi) is 5.24. The van der Waals surface area contributed by atoms with E-state index in [0.717, 1.165) is 11.3 Å². The van der Waals surface area contributed by atoms with Crippen LogP contribution in [0.1, 0.15) is 22.3 Å². The lowest BCUT2D eigenvalue weighted by atomic mass is 10.1. The number of thioether (sulfide) groups is 1. The molecule has 0 saturated carbocycles. The van der Waals surface area contributed by atoms with Gasteiger partial charge in [0.05, 0.1) is 4.47 Å². The minimum absolute atomic E-state index is 0.220. The van der Waals surface area contributed by atoms with E-state index >= 15 is 0 Å². The Morgan fingerprint density at radius 2 is 1.80 bits per heavy atom. The van der Waals surface area contributed by atoms with Crippen LogP contribution in [-0.2, 0) is 12.3 Å². The van der Waals surface area contributed by atoms with Crippen molar-refractivity contribution in [2.45, 2.75) is 31.0 Å². The maximum atomic E-state index is 14.2. The third-order valence-corrected chi connectivity index (χ3v) is 4.98. The van der Waals surface area contributed by atoms with Crippen LogP contribution >= 0.6 is 27.7 Å². The van der Waals surface area contributed by atoms with Gasteiger partial charge in [-0.3, -0.25) is 0 Å². The molecule has 0 saturated heterocycles. The number of hydrogen-bond donors (Lipinski definition) is 1. The van der Waals surface area contributed by atoms with Crippen molar-refractivity contribution in [2.24, 2.45) is 5.73 Å². The van der Waals surface area contributed by atoms with Crippen molar-refractivity contribution in [3.8, 4) is 0 Å². The van der Waals surface area contributed by atoms with Gasteiger partial charge in [0.1, 0.15) is 0 Å². The van der Waals surface area contributed by atoms with E-state index in [0.29, 0.717) is 15.9 Å². The van der Waals surface area contributed by atoms with Crippen LogP contribution in [0.25, 0.3) is 0 Å². The van der Waals surface area contributed by atoms with E-state index in [1.807, 2.05) is 6.07 Å². The third kappa shape index (κ3) is 3.62. The van der Waals surface area contributed by atoms with Gasteiger partial charge in [0, 0.05) is 17.2 Å². The second kappa shape index (κ2) is 6.74. The minimum Gasteiger partial charge on any atom is -0.326 e. The topological polar surface area (TPSA) is 26.0 Å². The van der Waals surface area contributed by atoms with Gasteiger partial charge >= 0.3 is 0 Å². The molecule has 2 aromatic rings. The number of rotatable bonds is 4. The van der Waals surface area contributed by atoms with Crippen molar-refractivity contribution in [1.29, 1.82) is 0 Å². The van der Waals surface area contributed by atoms with Crippen LogP contribution in [0.15, 0.2) is 39.7 Å². The van der Waals surface area contributed by atoms with Crippen LogP contribution in [0, 0.1) is 19.7 Å². The molecule has 0 radical (unpaired) electrons. The summed E-state index contributed by atoms with van der Waals surface area (Å²) in [4.78, 5) is 0.647. The summed E-state index contributed by atoms with van der Waals surface area (Å²) >= 11 is 4.78. The predicted molar refractivity (Wildman–Crippen MR) is 87.5 cm³/mol. The summed E-state index contributed by atoms with van der Waals surface area (Å²) in [6, 6.07) is 10.1. The van der Waals surface area contributed by atoms with Gasteiger partial charge < -0.3 is 5.73 Å². The van der Waals surface area contributed by atoms with Crippen molar-refractivity contribution in [3.63, 3.8) is 0 Å². The first kappa shape index (κ1) is 15.5. The summed E-state index contributed by atoms with van der Waals surface area (Å²) in [5.74, 6) is 0.538. The molecule has 0 spiro atoms. The first-order valence-corrected chi connectivity index (χ1v) is 8.16. The van der Waals surface area contributed by atoms with Crippen LogP contribution in [0.5, 0.6) is 0 Å². The third-order valence-electron chi connectivity index (χ3n) is 3.02. The first-order chi connectivity index (χ1) is 9.51. The smallest absolute Gasteiger partial charge is 0.151 e. The average Bonchev–Trinajstić information content (AvgIpc) is 2.39. The highest BCUT2D eigenvalue weighted by atomic mass is 79.9. The predicted octanol–water partition coefficient (Wildman–Crippen LogP) is 4.96. The normalized spacial score (nSPS) is 10.8. The lowest BCUT2D eigenvalue weighted by Crippen LogP contribution is -1.99. The van der Waals surface area contributed by atoms with Crippen LogP contribution in [0.2, 0.25) is 0 Å². The molecule has 0 aliphatic carbocycles. The summed E-state index contributed by atoms with van der Waals surface area (Å²) in [5.41, 5.74) is 10.0. The molecule has 0 amide bonds. The zero-order valence-corrected chi connectivity index (χ0v) is 13.9. The van der Waals surface area contributed by atoms with Crippen LogP contribution in [0.3, 0.4) is 0 Å². The van der Waals surface area contributed by atoms with Gasteiger partial charge in [-0.05, 0) is 47.0 Å². The van der Waals surface area contributed by atoms with Gasteiger partial charge in [-0.15, -0.1) is 11.8 Å². The average molecular weight is 354 g/mol. The van der Waals surface area contributed by atoms with Gasteiger partial charge in [-0.2, -0.15) is 0 Å². The molecule has 2 aromatic carbocycles. The van der Waals surface area contributed by atoms with Crippen molar-refractivity contribution >= 4 is 27.7 Å². The fourth-order valence-corrected chi connectivity index (χ4v) is 3.67. The molecule has 0 fully saturated rings. The van der Waals surface area contributed by atoms with E-state index in [2.05, 4.69) is 48.0 Å². The molecule has 0 aliphatic rings. The fourth-order valence-electron chi connectivity index (χ4n) is 2.15. The molecule has 0 heterocycles. The second-order valence-corrected chi connectivity index (χ2v) is 6.65. The van der Waals surface area contributed by atoms with Gasteiger partial charge in [0.2, 0.25) is 0 Å². The Morgan fingerprint density at radius 1 is 1.15 bits per heavy atom. The second-order valence-electron chi connectivity index (χ2n) is 4.84. The number of aryl methyl sites for hydroxylation is 2. The van der Waals surface area contributed by atoms with Crippen molar-refractivity contribution in [1.82, 2.24) is 0 Å². The standard InChI is InChI=1S/C16H17BrFNS/c1-10-5-11(2)7-12(6-10)9-20-14-4-3-13(8-19)15(17)16(14)18/h3-7H,8-9,19H2,1-2H3. The summed E-state index contributed by atoms with van der Waals surface area (Å²) < 4.78 is 14.7.